The van der Waals surface area contributed by atoms with Gasteiger partial charge in [0.15, 0.2) is 9.84 Å². The fraction of sp³-hybridized carbons (Fsp3) is 0.462. The summed E-state index contributed by atoms with van der Waals surface area (Å²) in [6.07, 6.45) is 0.837. The molecule has 5 nitrogen and oxygen atoms in total. The van der Waals surface area contributed by atoms with Gasteiger partial charge in [-0.2, -0.15) is 0 Å². The Kier molecular flexibility index (Phi) is 4.67. The molecular weight excluding hydrogens is 300 g/mol. The topological polar surface area (TPSA) is 80.5 Å². The quantitative estimate of drug-likeness (QED) is 0.895. The molecule has 1 atom stereocenters. The van der Waals surface area contributed by atoms with Crippen LogP contribution in [0, 0.1) is 5.92 Å². The van der Waals surface area contributed by atoms with Gasteiger partial charge in [0.1, 0.15) is 5.75 Å². The molecule has 20 heavy (non-hydrogen) atoms. The molecule has 1 saturated heterocycles. The number of nitrogens with zero attached hydrogens (tertiary/aromatic N) is 1. The van der Waals surface area contributed by atoms with Gasteiger partial charge in [0, 0.05) is 18.1 Å². The maximum Gasteiger partial charge on any atom is 0.238 e. The summed E-state index contributed by atoms with van der Waals surface area (Å²) in [5.41, 5.74) is 5.56. The SMILES string of the molecule is NCC1CCN(C(=O)CS(=O)(=O)c2ccc(Cl)cc2)C1. The van der Waals surface area contributed by atoms with Crippen molar-refractivity contribution in [2.24, 2.45) is 11.7 Å². The molecule has 0 bridgehead atoms. The zero-order valence-corrected chi connectivity index (χ0v) is 12.5. The lowest BCUT2D eigenvalue weighted by Crippen LogP contribution is -2.34. The van der Waals surface area contributed by atoms with Crippen molar-refractivity contribution >= 4 is 27.3 Å². The number of carbonyl (C=O) groups excluding carboxylic acids is 1. The average molecular weight is 317 g/mol. The van der Waals surface area contributed by atoms with Gasteiger partial charge in [0.2, 0.25) is 5.91 Å². The van der Waals surface area contributed by atoms with Crippen LogP contribution in [0.3, 0.4) is 0 Å². The molecule has 110 valence electrons. The van der Waals surface area contributed by atoms with Crippen LogP contribution < -0.4 is 5.73 Å². The first-order chi connectivity index (χ1) is 9.42. The number of rotatable bonds is 4. The van der Waals surface area contributed by atoms with Crippen LogP contribution in [0.4, 0.5) is 0 Å². The second-order valence-electron chi connectivity index (χ2n) is 4.94. The van der Waals surface area contributed by atoms with Gasteiger partial charge in [-0.3, -0.25) is 4.79 Å². The van der Waals surface area contributed by atoms with E-state index in [4.69, 9.17) is 17.3 Å². The Hall–Kier alpha value is -1.11. The molecule has 2 N–H and O–H groups in total. The summed E-state index contributed by atoms with van der Waals surface area (Å²) in [4.78, 5) is 13.7. The first-order valence-corrected chi connectivity index (χ1v) is 8.41. The highest BCUT2D eigenvalue weighted by Crippen LogP contribution is 2.18. The monoisotopic (exact) mass is 316 g/mol. The van der Waals surface area contributed by atoms with Gasteiger partial charge < -0.3 is 10.6 Å². The van der Waals surface area contributed by atoms with Gasteiger partial charge in [0.05, 0.1) is 4.90 Å². The molecule has 1 amide bonds. The Morgan fingerprint density at radius 3 is 2.55 bits per heavy atom. The largest absolute Gasteiger partial charge is 0.341 e. The Morgan fingerprint density at radius 2 is 2.00 bits per heavy atom. The number of carbonyl (C=O) groups is 1. The molecule has 0 saturated carbocycles. The number of amides is 1. The summed E-state index contributed by atoms with van der Waals surface area (Å²) in [5.74, 6) is -0.598. The molecule has 1 aromatic rings. The maximum absolute atomic E-state index is 12.1. The minimum absolute atomic E-state index is 0.116. The summed E-state index contributed by atoms with van der Waals surface area (Å²) >= 11 is 5.72. The first kappa shape index (κ1) is 15.3. The zero-order chi connectivity index (χ0) is 14.8. The van der Waals surface area contributed by atoms with Crippen molar-refractivity contribution in [1.82, 2.24) is 4.90 Å². The molecule has 0 aliphatic carbocycles. The highest BCUT2D eigenvalue weighted by atomic mass is 35.5. The third kappa shape index (κ3) is 3.50. The summed E-state index contributed by atoms with van der Waals surface area (Å²) in [6, 6.07) is 5.83. The Morgan fingerprint density at radius 1 is 1.35 bits per heavy atom. The van der Waals surface area contributed by atoms with Crippen LogP contribution in [-0.2, 0) is 14.6 Å². The van der Waals surface area contributed by atoms with Crippen molar-refractivity contribution in [1.29, 1.82) is 0 Å². The standard InChI is InChI=1S/C13H17ClN2O3S/c14-11-1-3-12(4-2-11)20(18,19)9-13(17)16-6-5-10(7-15)8-16/h1-4,10H,5-9,15H2. The van der Waals surface area contributed by atoms with Crippen molar-refractivity contribution in [3.05, 3.63) is 29.3 Å². The number of benzene rings is 1. The molecule has 1 aliphatic rings. The van der Waals surface area contributed by atoms with E-state index in [2.05, 4.69) is 0 Å². The number of hydrogen-bond acceptors (Lipinski definition) is 4. The van der Waals surface area contributed by atoms with E-state index in [9.17, 15) is 13.2 Å². The molecule has 2 rings (SSSR count). The van der Waals surface area contributed by atoms with E-state index in [1.54, 1.807) is 4.90 Å². The Bertz CT molecular complexity index is 586. The van der Waals surface area contributed by atoms with E-state index in [-0.39, 0.29) is 16.7 Å². The molecule has 1 fully saturated rings. The van der Waals surface area contributed by atoms with Crippen molar-refractivity contribution in [3.63, 3.8) is 0 Å². The molecule has 0 spiro atoms. The minimum atomic E-state index is -3.62. The average Bonchev–Trinajstić information content (AvgIpc) is 2.87. The van der Waals surface area contributed by atoms with Crippen molar-refractivity contribution in [3.8, 4) is 0 Å². The fourth-order valence-electron chi connectivity index (χ4n) is 2.23. The van der Waals surface area contributed by atoms with E-state index in [0.29, 0.717) is 24.7 Å². The van der Waals surface area contributed by atoms with Crippen molar-refractivity contribution in [2.75, 3.05) is 25.4 Å². The normalized spacial score (nSPS) is 19.3. The van der Waals surface area contributed by atoms with Crippen LogP contribution in [-0.4, -0.2) is 44.6 Å². The second-order valence-corrected chi connectivity index (χ2v) is 7.37. The van der Waals surface area contributed by atoms with Crippen LogP contribution in [0.5, 0.6) is 0 Å². The molecule has 1 aliphatic heterocycles. The van der Waals surface area contributed by atoms with Gasteiger partial charge in [0.25, 0.3) is 0 Å². The van der Waals surface area contributed by atoms with E-state index >= 15 is 0 Å². The lowest BCUT2D eigenvalue weighted by Gasteiger charge is -2.16. The first-order valence-electron chi connectivity index (χ1n) is 6.38. The van der Waals surface area contributed by atoms with Crippen molar-refractivity contribution in [2.45, 2.75) is 11.3 Å². The van der Waals surface area contributed by atoms with Gasteiger partial charge >= 0.3 is 0 Å². The number of hydrogen-bond donors (Lipinski definition) is 1. The lowest BCUT2D eigenvalue weighted by molar-refractivity contribution is -0.127. The fourth-order valence-corrected chi connectivity index (χ4v) is 3.58. The van der Waals surface area contributed by atoms with Crippen molar-refractivity contribution < 1.29 is 13.2 Å². The minimum Gasteiger partial charge on any atom is -0.341 e. The van der Waals surface area contributed by atoms with E-state index in [0.717, 1.165) is 6.42 Å². The maximum atomic E-state index is 12.1. The molecule has 0 aromatic heterocycles. The number of nitrogens with two attached hydrogens (primary N) is 1. The molecule has 1 heterocycles. The number of halogens is 1. The van der Waals surface area contributed by atoms with Crippen LogP contribution in [0.2, 0.25) is 5.02 Å². The summed E-state index contributed by atoms with van der Waals surface area (Å²) < 4.78 is 24.3. The summed E-state index contributed by atoms with van der Waals surface area (Å²) in [5, 5.41) is 0.459. The lowest BCUT2D eigenvalue weighted by atomic mass is 10.1. The van der Waals surface area contributed by atoms with Gasteiger partial charge in [-0.1, -0.05) is 11.6 Å². The van der Waals surface area contributed by atoms with E-state index in [1.807, 2.05) is 0 Å². The molecular formula is C13H17ClN2O3S. The zero-order valence-electron chi connectivity index (χ0n) is 11.0. The molecule has 1 unspecified atom stereocenters. The molecule has 7 heteroatoms. The predicted molar refractivity (Wildman–Crippen MR) is 77.2 cm³/mol. The summed E-state index contributed by atoms with van der Waals surface area (Å²) in [7, 11) is -3.62. The van der Waals surface area contributed by atoms with Gasteiger partial charge in [-0.15, -0.1) is 0 Å². The third-order valence-corrected chi connectivity index (χ3v) is 5.33. The highest BCUT2D eigenvalue weighted by molar-refractivity contribution is 7.92. The van der Waals surface area contributed by atoms with Crippen LogP contribution in [0.15, 0.2) is 29.2 Å². The third-order valence-electron chi connectivity index (χ3n) is 3.46. The Balaban J connectivity index is 2.05. The van der Waals surface area contributed by atoms with Crippen LogP contribution >= 0.6 is 11.6 Å². The number of likely N-dealkylation sites (tertiary alicyclic amines) is 1. The Labute approximate surface area is 123 Å². The van der Waals surface area contributed by atoms with Crippen LogP contribution in [0.1, 0.15) is 6.42 Å². The smallest absolute Gasteiger partial charge is 0.238 e. The second kappa shape index (κ2) is 6.11. The molecule has 1 aromatic carbocycles. The highest BCUT2D eigenvalue weighted by Gasteiger charge is 2.29. The predicted octanol–water partition coefficient (Wildman–Crippen LogP) is 0.921. The molecule has 0 radical (unpaired) electrons. The summed E-state index contributed by atoms with van der Waals surface area (Å²) in [6.45, 7) is 1.65. The van der Waals surface area contributed by atoms with E-state index in [1.165, 1.54) is 24.3 Å². The van der Waals surface area contributed by atoms with Gasteiger partial charge in [-0.05, 0) is 43.1 Å². The van der Waals surface area contributed by atoms with Gasteiger partial charge in [-0.25, -0.2) is 8.42 Å². The van der Waals surface area contributed by atoms with E-state index < -0.39 is 15.6 Å². The number of sulfone groups is 1. The van der Waals surface area contributed by atoms with Crippen LogP contribution in [0.25, 0.3) is 0 Å².